The van der Waals surface area contributed by atoms with E-state index in [-0.39, 0.29) is 12.0 Å². The highest BCUT2D eigenvalue weighted by atomic mass is 19.1. The molecule has 5 atom stereocenters. The van der Waals surface area contributed by atoms with E-state index in [0.717, 1.165) is 0 Å². The van der Waals surface area contributed by atoms with Gasteiger partial charge in [0, 0.05) is 6.42 Å². The van der Waals surface area contributed by atoms with Crippen molar-refractivity contribution in [2.45, 2.75) is 36.6 Å². The lowest BCUT2D eigenvalue weighted by atomic mass is 9.88. The normalized spacial score (nSPS) is 35.5. The molecule has 0 aromatic heterocycles. The summed E-state index contributed by atoms with van der Waals surface area (Å²) in [6.45, 7) is -0.511. The SMILES string of the molecule is O=N[C@H]1C[C@@H](CO)O[C@@](O)(C(F)c2ccccc2)[C@@H]1O. The van der Waals surface area contributed by atoms with Crippen molar-refractivity contribution in [3.8, 4) is 0 Å². The van der Waals surface area contributed by atoms with Crippen molar-refractivity contribution < 1.29 is 24.4 Å². The minimum atomic E-state index is -2.62. The van der Waals surface area contributed by atoms with Crippen molar-refractivity contribution in [1.82, 2.24) is 0 Å². The van der Waals surface area contributed by atoms with E-state index >= 15 is 0 Å². The Morgan fingerprint density at radius 3 is 2.65 bits per heavy atom. The van der Waals surface area contributed by atoms with Crippen LogP contribution in [0.5, 0.6) is 0 Å². The van der Waals surface area contributed by atoms with Gasteiger partial charge < -0.3 is 20.1 Å². The van der Waals surface area contributed by atoms with E-state index in [1.165, 1.54) is 12.1 Å². The number of benzene rings is 1. The van der Waals surface area contributed by atoms with Crippen LogP contribution in [0.3, 0.4) is 0 Å². The molecule has 1 aliphatic rings. The van der Waals surface area contributed by atoms with Crippen LogP contribution in [0.2, 0.25) is 0 Å². The topological polar surface area (TPSA) is 99.4 Å². The number of halogens is 1. The summed E-state index contributed by atoms with van der Waals surface area (Å²) in [6, 6.07) is 6.41. The van der Waals surface area contributed by atoms with Crippen LogP contribution >= 0.6 is 0 Å². The molecular formula is C13H16FNO5. The second-order valence-electron chi connectivity index (χ2n) is 4.80. The van der Waals surface area contributed by atoms with Gasteiger partial charge >= 0.3 is 0 Å². The zero-order chi connectivity index (χ0) is 14.8. The summed E-state index contributed by atoms with van der Waals surface area (Å²) in [6.07, 6.45) is -4.92. The Morgan fingerprint density at radius 2 is 2.10 bits per heavy atom. The third-order valence-corrected chi connectivity index (χ3v) is 3.44. The molecule has 1 saturated heterocycles. The minimum absolute atomic E-state index is 0.0784. The van der Waals surface area contributed by atoms with Gasteiger partial charge in [-0.1, -0.05) is 35.5 Å². The van der Waals surface area contributed by atoms with Gasteiger partial charge in [0.2, 0.25) is 5.79 Å². The van der Waals surface area contributed by atoms with Crippen molar-refractivity contribution in [2.24, 2.45) is 5.18 Å². The summed E-state index contributed by atoms with van der Waals surface area (Å²) < 4.78 is 19.6. The standard InChI is InChI=1S/C13H16FNO5/c14-11(8-4-2-1-3-5-8)13(18)12(17)10(15-19)6-9(7-16)20-13/h1-5,9-12,16-18H,6-7H2/t9-,10-,11?,12+,13-/m0/s1. The maximum atomic E-state index is 14.5. The number of nitroso groups, excluding NO2 is 1. The number of ether oxygens (including phenoxy) is 1. The van der Waals surface area contributed by atoms with Crippen LogP contribution < -0.4 is 0 Å². The summed E-state index contributed by atoms with van der Waals surface area (Å²) in [7, 11) is 0. The lowest BCUT2D eigenvalue weighted by Gasteiger charge is -2.43. The highest BCUT2D eigenvalue weighted by Gasteiger charge is 2.55. The summed E-state index contributed by atoms with van der Waals surface area (Å²) in [5, 5.41) is 32.0. The number of hydrogen-bond acceptors (Lipinski definition) is 6. The molecule has 1 heterocycles. The summed E-state index contributed by atoms with van der Waals surface area (Å²) in [5.74, 6) is -2.62. The Balaban J connectivity index is 2.32. The molecule has 20 heavy (non-hydrogen) atoms. The molecule has 0 saturated carbocycles. The van der Waals surface area contributed by atoms with Gasteiger partial charge in [0.1, 0.15) is 12.1 Å². The monoisotopic (exact) mass is 285 g/mol. The molecule has 1 unspecified atom stereocenters. The number of hydrogen-bond donors (Lipinski definition) is 3. The van der Waals surface area contributed by atoms with Crippen molar-refractivity contribution in [3.05, 3.63) is 40.8 Å². The van der Waals surface area contributed by atoms with Crippen LogP contribution in [0, 0.1) is 4.91 Å². The molecule has 2 rings (SSSR count). The Bertz CT molecular complexity index is 459. The smallest absolute Gasteiger partial charge is 0.231 e. The Morgan fingerprint density at radius 1 is 1.45 bits per heavy atom. The molecule has 3 N–H and O–H groups in total. The fourth-order valence-corrected chi connectivity index (χ4v) is 2.34. The molecule has 7 heteroatoms. The fourth-order valence-electron chi connectivity index (χ4n) is 2.34. The Hall–Kier alpha value is -1.41. The maximum absolute atomic E-state index is 14.5. The van der Waals surface area contributed by atoms with Gasteiger partial charge in [0.25, 0.3) is 0 Å². The van der Waals surface area contributed by atoms with Gasteiger partial charge in [-0.15, -0.1) is 0 Å². The molecule has 110 valence electrons. The molecule has 1 fully saturated rings. The first-order valence-electron chi connectivity index (χ1n) is 6.23. The molecule has 0 amide bonds. The van der Waals surface area contributed by atoms with E-state index in [0.29, 0.717) is 0 Å². The molecule has 1 aliphatic heterocycles. The Kier molecular flexibility index (Phi) is 4.44. The van der Waals surface area contributed by atoms with Crippen molar-refractivity contribution in [3.63, 3.8) is 0 Å². The van der Waals surface area contributed by atoms with Gasteiger partial charge in [0.15, 0.2) is 6.17 Å². The first-order chi connectivity index (χ1) is 9.52. The predicted molar refractivity (Wildman–Crippen MR) is 67.4 cm³/mol. The first kappa shape index (κ1) is 15.0. The van der Waals surface area contributed by atoms with Gasteiger partial charge in [-0.3, -0.25) is 0 Å². The van der Waals surface area contributed by atoms with Crippen LogP contribution in [0.4, 0.5) is 4.39 Å². The zero-order valence-corrected chi connectivity index (χ0v) is 10.6. The average molecular weight is 285 g/mol. The van der Waals surface area contributed by atoms with Crippen molar-refractivity contribution in [2.75, 3.05) is 6.61 Å². The number of rotatable bonds is 4. The minimum Gasteiger partial charge on any atom is -0.394 e. The van der Waals surface area contributed by atoms with Crippen LogP contribution in [-0.2, 0) is 4.74 Å². The zero-order valence-electron chi connectivity index (χ0n) is 10.6. The molecule has 0 radical (unpaired) electrons. The highest BCUT2D eigenvalue weighted by Crippen LogP contribution is 2.40. The molecule has 0 spiro atoms. The maximum Gasteiger partial charge on any atom is 0.231 e. The molecular weight excluding hydrogens is 269 g/mol. The van der Waals surface area contributed by atoms with E-state index in [9.17, 15) is 19.5 Å². The summed E-state index contributed by atoms with van der Waals surface area (Å²) in [5.41, 5.74) is 0.0947. The lowest BCUT2D eigenvalue weighted by Crippen LogP contribution is -2.60. The number of aliphatic hydroxyl groups is 3. The molecule has 0 aliphatic carbocycles. The van der Waals surface area contributed by atoms with Crippen LogP contribution in [-0.4, -0.2) is 46.0 Å². The second kappa shape index (κ2) is 5.92. The van der Waals surface area contributed by atoms with E-state index in [4.69, 9.17) is 9.84 Å². The quantitative estimate of drug-likeness (QED) is 0.706. The van der Waals surface area contributed by atoms with Gasteiger partial charge in [-0.05, 0) is 5.56 Å². The predicted octanol–water partition coefficient (Wildman–Crippen LogP) is 0.663. The number of nitrogens with zero attached hydrogens (tertiary/aromatic N) is 1. The third kappa shape index (κ3) is 2.57. The highest BCUT2D eigenvalue weighted by molar-refractivity contribution is 5.21. The van der Waals surface area contributed by atoms with Gasteiger partial charge in [0.05, 0.1) is 12.7 Å². The van der Waals surface area contributed by atoms with E-state index in [1.54, 1.807) is 18.2 Å². The van der Waals surface area contributed by atoms with Gasteiger partial charge in [-0.2, -0.15) is 4.91 Å². The molecule has 1 aromatic carbocycles. The van der Waals surface area contributed by atoms with Crippen LogP contribution in [0.15, 0.2) is 35.5 Å². The van der Waals surface area contributed by atoms with E-state index < -0.39 is 36.8 Å². The molecule has 1 aromatic rings. The molecule has 0 bridgehead atoms. The fraction of sp³-hybridized carbons (Fsp3) is 0.538. The Labute approximate surface area is 114 Å². The van der Waals surface area contributed by atoms with E-state index in [2.05, 4.69) is 5.18 Å². The average Bonchev–Trinajstić information content (AvgIpc) is 2.50. The number of alkyl halides is 1. The summed E-state index contributed by atoms with van der Waals surface area (Å²) in [4.78, 5) is 10.7. The van der Waals surface area contributed by atoms with E-state index in [1.807, 2.05) is 0 Å². The number of aliphatic hydroxyl groups excluding tert-OH is 2. The van der Waals surface area contributed by atoms with Crippen molar-refractivity contribution in [1.29, 1.82) is 0 Å². The lowest BCUT2D eigenvalue weighted by molar-refractivity contribution is -0.333. The van der Waals surface area contributed by atoms with Crippen LogP contribution in [0.25, 0.3) is 0 Å². The summed E-state index contributed by atoms with van der Waals surface area (Å²) >= 11 is 0. The second-order valence-corrected chi connectivity index (χ2v) is 4.80. The van der Waals surface area contributed by atoms with Crippen molar-refractivity contribution >= 4 is 0 Å². The van der Waals surface area contributed by atoms with Gasteiger partial charge in [-0.25, -0.2) is 4.39 Å². The van der Waals surface area contributed by atoms with Crippen LogP contribution in [0.1, 0.15) is 18.2 Å². The molecule has 6 nitrogen and oxygen atoms in total. The first-order valence-corrected chi connectivity index (χ1v) is 6.23. The largest absolute Gasteiger partial charge is 0.394 e. The third-order valence-electron chi connectivity index (χ3n) is 3.44.